The van der Waals surface area contributed by atoms with Crippen molar-refractivity contribution < 1.29 is 4.21 Å². The first-order valence-electron chi connectivity index (χ1n) is 6.06. The van der Waals surface area contributed by atoms with Crippen molar-refractivity contribution in [2.75, 3.05) is 5.75 Å². The second-order valence-corrected chi connectivity index (χ2v) is 6.65. The molecule has 0 aliphatic heterocycles. The Morgan fingerprint density at radius 3 is 2.59 bits per heavy atom. The minimum absolute atomic E-state index is 0.317. The zero-order valence-electron chi connectivity index (χ0n) is 9.77. The molecule has 1 saturated carbocycles. The number of nitrogens with two attached hydrogens (primary N) is 1. The van der Waals surface area contributed by atoms with E-state index >= 15 is 0 Å². The van der Waals surface area contributed by atoms with Gasteiger partial charge in [0.2, 0.25) is 0 Å². The Bertz CT molecular complexity index is 393. The fourth-order valence-corrected chi connectivity index (χ4v) is 3.70. The standard InChI is InChI=1S/C13H18ClNOS/c14-11-4-6-12(7-5-11)17(16)9-8-10-2-1-3-13(10)15/h4-7,10,13H,1-3,8-9,15H2. The van der Waals surface area contributed by atoms with Crippen molar-refractivity contribution in [1.29, 1.82) is 0 Å². The SMILES string of the molecule is NC1CCCC1CCS(=O)c1ccc(Cl)cc1. The van der Waals surface area contributed by atoms with Crippen molar-refractivity contribution in [3.8, 4) is 0 Å². The van der Waals surface area contributed by atoms with Crippen LogP contribution in [0.5, 0.6) is 0 Å². The number of hydrogen-bond donors (Lipinski definition) is 1. The van der Waals surface area contributed by atoms with Crippen LogP contribution in [-0.2, 0) is 10.8 Å². The Morgan fingerprint density at radius 1 is 1.29 bits per heavy atom. The van der Waals surface area contributed by atoms with E-state index in [1.165, 1.54) is 12.8 Å². The number of benzene rings is 1. The predicted octanol–water partition coefficient (Wildman–Crippen LogP) is 2.97. The van der Waals surface area contributed by atoms with Gasteiger partial charge in [0, 0.05) is 21.7 Å². The molecule has 3 unspecified atom stereocenters. The maximum atomic E-state index is 12.0. The van der Waals surface area contributed by atoms with Crippen LogP contribution in [0.1, 0.15) is 25.7 Å². The molecule has 1 aromatic carbocycles. The summed E-state index contributed by atoms with van der Waals surface area (Å²) < 4.78 is 12.0. The van der Waals surface area contributed by atoms with Crippen LogP contribution in [0.2, 0.25) is 5.02 Å². The van der Waals surface area contributed by atoms with Gasteiger partial charge in [0.05, 0.1) is 10.8 Å². The fraction of sp³-hybridized carbons (Fsp3) is 0.538. The third-order valence-electron chi connectivity index (χ3n) is 3.47. The van der Waals surface area contributed by atoms with E-state index in [4.69, 9.17) is 17.3 Å². The summed E-state index contributed by atoms with van der Waals surface area (Å²) in [7, 11) is -0.917. The third-order valence-corrected chi connectivity index (χ3v) is 5.12. The van der Waals surface area contributed by atoms with Gasteiger partial charge in [-0.1, -0.05) is 18.0 Å². The van der Waals surface area contributed by atoms with Gasteiger partial charge in [-0.05, 0) is 49.4 Å². The Kier molecular flexibility index (Phi) is 4.60. The topological polar surface area (TPSA) is 43.1 Å². The molecule has 1 aromatic rings. The lowest BCUT2D eigenvalue weighted by atomic mass is 10.0. The van der Waals surface area contributed by atoms with Crippen LogP contribution in [0.4, 0.5) is 0 Å². The lowest BCUT2D eigenvalue weighted by Gasteiger charge is -2.14. The van der Waals surface area contributed by atoms with Crippen LogP contribution in [-0.4, -0.2) is 16.0 Å². The average molecular weight is 272 g/mol. The van der Waals surface area contributed by atoms with E-state index < -0.39 is 10.8 Å². The Labute approximate surface area is 110 Å². The molecule has 2 rings (SSSR count). The molecule has 1 aliphatic rings. The summed E-state index contributed by atoms with van der Waals surface area (Å²) in [4.78, 5) is 0.862. The Hall–Kier alpha value is -0.380. The largest absolute Gasteiger partial charge is 0.327 e. The molecule has 0 saturated heterocycles. The highest BCUT2D eigenvalue weighted by molar-refractivity contribution is 7.85. The first-order valence-corrected chi connectivity index (χ1v) is 7.76. The summed E-state index contributed by atoms with van der Waals surface area (Å²) >= 11 is 5.80. The van der Waals surface area contributed by atoms with Gasteiger partial charge < -0.3 is 5.73 Å². The van der Waals surface area contributed by atoms with Crippen LogP contribution in [0.3, 0.4) is 0 Å². The molecular weight excluding hydrogens is 254 g/mol. The second-order valence-electron chi connectivity index (χ2n) is 4.65. The molecule has 2 nitrogen and oxygen atoms in total. The van der Waals surface area contributed by atoms with Crippen LogP contribution in [0.15, 0.2) is 29.2 Å². The lowest BCUT2D eigenvalue weighted by Crippen LogP contribution is -2.25. The van der Waals surface area contributed by atoms with E-state index in [2.05, 4.69) is 0 Å². The first kappa shape index (κ1) is 13.1. The monoisotopic (exact) mass is 271 g/mol. The Balaban J connectivity index is 1.87. The van der Waals surface area contributed by atoms with Crippen LogP contribution in [0.25, 0.3) is 0 Å². The van der Waals surface area contributed by atoms with E-state index in [9.17, 15) is 4.21 Å². The van der Waals surface area contributed by atoms with E-state index in [0.717, 1.165) is 17.7 Å². The molecule has 0 aromatic heterocycles. The summed E-state index contributed by atoms with van der Waals surface area (Å²) in [5.74, 6) is 1.27. The van der Waals surface area contributed by atoms with Crippen molar-refractivity contribution >= 4 is 22.4 Å². The van der Waals surface area contributed by atoms with Crippen LogP contribution in [0, 0.1) is 5.92 Å². The normalized spacial score (nSPS) is 26.0. The van der Waals surface area contributed by atoms with Crippen LogP contribution >= 0.6 is 11.6 Å². The smallest absolute Gasteiger partial charge is 0.0529 e. The van der Waals surface area contributed by atoms with Gasteiger partial charge in [-0.3, -0.25) is 4.21 Å². The molecule has 0 spiro atoms. The summed E-state index contributed by atoms with van der Waals surface area (Å²) in [5.41, 5.74) is 6.01. The molecular formula is C13H18ClNOS. The van der Waals surface area contributed by atoms with Gasteiger partial charge >= 0.3 is 0 Å². The zero-order valence-corrected chi connectivity index (χ0v) is 11.3. The molecule has 3 atom stereocenters. The van der Waals surface area contributed by atoms with Gasteiger partial charge in [-0.2, -0.15) is 0 Å². The Morgan fingerprint density at radius 2 is 2.00 bits per heavy atom. The van der Waals surface area contributed by atoms with Gasteiger partial charge in [0.25, 0.3) is 0 Å². The van der Waals surface area contributed by atoms with Gasteiger partial charge in [0.15, 0.2) is 0 Å². The summed E-state index contributed by atoms with van der Waals surface area (Å²) in [6.45, 7) is 0. The van der Waals surface area contributed by atoms with Crippen molar-refractivity contribution in [1.82, 2.24) is 0 Å². The molecule has 17 heavy (non-hydrogen) atoms. The van der Waals surface area contributed by atoms with E-state index in [0.29, 0.717) is 22.7 Å². The van der Waals surface area contributed by atoms with E-state index in [1.807, 2.05) is 12.1 Å². The van der Waals surface area contributed by atoms with Crippen molar-refractivity contribution in [2.24, 2.45) is 11.7 Å². The van der Waals surface area contributed by atoms with Crippen molar-refractivity contribution in [3.63, 3.8) is 0 Å². The molecule has 0 heterocycles. The molecule has 0 amide bonds. The number of hydrogen-bond acceptors (Lipinski definition) is 2. The van der Waals surface area contributed by atoms with Gasteiger partial charge in [-0.25, -0.2) is 0 Å². The highest BCUT2D eigenvalue weighted by Crippen LogP contribution is 2.27. The minimum Gasteiger partial charge on any atom is -0.327 e. The molecule has 0 radical (unpaired) electrons. The summed E-state index contributed by atoms with van der Waals surface area (Å²) in [6.07, 6.45) is 4.51. The molecule has 0 bridgehead atoms. The molecule has 1 aliphatic carbocycles. The van der Waals surface area contributed by atoms with Gasteiger partial charge in [0.1, 0.15) is 0 Å². The second kappa shape index (κ2) is 5.98. The highest BCUT2D eigenvalue weighted by Gasteiger charge is 2.24. The number of rotatable bonds is 4. The average Bonchev–Trinajstić information content (AvgIpc) is 2.73. The highest BCUT2D eigenvalue weighted by atomic mass is 35.5. The third kappa shape index (κ3) is 3.54. The molecule has 4 heteroatoms. The molecule has 2 N–H and O–H groups in total. The maximum Gasteiger partial charge on any atom is 0.0529 e. The van der Waals surface area contributed by atoms with E-state index in [-0.39, 0.29) is 0 Å². The molecule has 94 valence electrons. The van der Waals surface area contributed by atoms with Crippen molar-refractivity contribution in [2.45, 2.75) is 36.6 Å². The van der Waals surface area contributed by atoms with Crippen molar-refractivity contribution in [3.05, 3.63) is 29.3 Å². The quantitative estimate of drug-likeness (QED) is 0.915. The summed E-state index contributed by atoms with van der Waals surface area (Å²) in [6, 6.07) is 7.57. The summed E-state index contributed by atoms with van der Waals surface area (Å²) in [5, 5.41) is 0.684. The van der Waals surface area contributed by atoms with E-state index in [1.54, 1.807) is 12.1 Å². The first-order chi connectivity index (χ1) is 8.16. The molecule has 1 fully saturated rings. The number of halogens is 1. The lowest BCUT2D eigenvalue weighted by molar-refractivity contribution is 0.468. The van der Waals surface area contributed by atoms with Gasteiger partial charge in [-0.15, -0.1) is 0 Å². The van der Waals surface area contributed by atoms with Crippen LogP contribution < -0.4 is 5.73 Å². The predicted molar refractivity (Wildman–Crippen MR) is 72.7 cm³/mol. The minimum atomic E-state index is -0.917. The zero-order chi connectivity index (χ0) is 12.3. The fourth-order valence-electron chi connectivity index (χ4n) is 2.39. The maximum absolute atomic E-state index is 12.0.